The Balaban J connectivity index is 3.17. The topological polar surface area (TPSA) is 56.1 Å². The van der Waals surface area contributed by atoms with Crippen LogP contribution in [-0.2, 0) is 11.0 Å². The summed E-state index contributed by atoms with van der Waals surface area (Å²) in [6.07, 6.45) is -4.62. The van der Waals surface area contributed by atoms with E-state index in [0.29, 0.717) is 0 Å². The maximum absolute atomic E-state index is 12.9. The van der Waals surface area contributed by atoms with Gasteiger partial charge in [0.05, 0.1) is 17.2 Å². The van der Waals surface area contributed by atoms with Gasteiger partial charge >= 0.3 is 6.18 Å². The van der Waals surface area contributed by atoms with E-state index in [1.54, 1.807) is 27.9 Å². The van der Waals surface area contributed by atoms with Crippen LogP contribution in [-0.4, -0.2) is 30.9 Å². The molecule has 1 N–H and O–H groups in total. The van der Waals surface area contributed by atoms with Gasteiger partial charge in [0.15, 0.2) is 0 Å². The molecule has 4 nitrogen and oxygen atoms in total. The molecule has 120 valence electrons. The SMILES string of the molecule is CC(C)[C@@H](Nc1ccc(C#N)c(C(F)(F)F)c1)C(=O)N(C)C. The van der Waals surface area contributed by atoms with Gasteiger partial charge in [-0.3, -0.25) is 4.79 Å². The number of halogens is 3. The van der Waals surface area contributed by atoms with Crippen molar-refractivity contribution in [3.63, 3.8) is 0 Å². The van der Waals surface area contributed by atoms with Crippen molar-refractivity contribution in [1.29, 1.82) is 5.26 Å². The molecule has 0 saturated carbocycles. The van der Waals surface area contributed by atoms with Gasteiger partial charge in [0, 0.05) is 19.8 Å². The summed E-state index contributed by atoms with van der Waals surface area (Å²) >= 11 is 0. The number of nitrogens with one attached hydrogen (secondary N) is 1. The zero-order chi connectivity index (χ0) is 17.1. The van der Waals surface area contributed by atoms with Crippen molar-refractivity contribution in [2.24, 2.45) is 5.92 Å². The molecule has 1 aromatic carbocycles. The molecule has 1 amide bonds. The van der Waals surface area contributed by atoms with E-state index in [-0.39, 0.29) is 17.5 Å². The predicted molar refractivity (Wildman–Crippen MR) is 77.1 cm³/mol. The fourth-order valence-electron chi connectivity index (χ4n) is 1.94. The number of rotatable bonds is 4. The number of amides is 1. The molecule has 0 unspecified atom stereocenters. The van der Waals surface area contributed by atoms with Crippen LogP contribution < -0.4 is 5.32 Å². The molecule has 0 aliphatic rings. The van der Waals surface area contributed by atoms with E-state index < -0.39 is 23.3 Å². The maximum atomic E-state index is 12.9. The number of nitriles is 1. The first kappa shape index (κ1) is 17.8. The lowest BCUT2D eigenvalue weighted by atomic mass is 10.0. The molecule has 0 aliphatic heterocycles. The summed E-state index contributed by atoms with van der Waals surface area (Å²) < 4.78 is 38.8. The fourth-order valence-corrected chi connectivity index (χ4v) is 1.94. The molecule has 7 heteroatoms. The number of carbonyl (C=O) groups excluding carboxylic acids is 1. The summed E-state index contributed by atoms with van der Waals surface area (Å²) in [4.78, 5) is 13.5. The monoisotopic (exact) mass is 313 g/mol. The smallest absolute Gasteiger partial charge is 0.373 e. The second-order valence-electron chi connectivity index (χ2n) is 5.47. The van der Waals surface area contributed by atoms with Crippen molar-refractivity contribution in [1.82, 2.24) is 4.90 Å². The van der Waals surface area contributed by atoms with E-state index in [4.69, 9.17) is 5.26 Å². The molecule has 0 saturated heterocycles. The first-order chi connectivity index (χ1) is 10.1. The van der Waals surface area contributed by atoms with Crippen LogP contribution in [0.5, 0.6) is 0 Å². The Morgan fingerprint density at radius 3 is 2.32 bits per heavy atom. The summed E-state index contributed by atoms with van der Waals surface area (Å²) in [5, 5.41) is 11.6. The zero-order valence-corrected chi connectivity index (χ0v) is 12.8. The van der Waals surface area contributed by atoms with Gasteiger partial charge in [-0.25, -0.2) is 0 Å². The Labute approximate surface area is 127 Å². The van der Waals surface area contributed by atoms with Crippen molar-refractivity contribution in [3.8, 4) is 6.07 Å². The lowest BCUT2D eigenvalue weighted by molar-refractivity contribution is -0.137. The Morgan fingerprint density at radius 2 is 1.91 bits per heavy atom. The lowest BCUT2D eigenvalue weighted by Gasteiger charge is -2.26. The third kappa shape index (κ3) is 4.13. The van der Waals surface area contributed by atoms with Gasteiger partial charge in [0.1, 0.15) is 6.04 Å². The van der Waals surface area contributed by atoms with Crippen molar-refractivity contribution < 1.29 is 18.0 Å². The summed E-state index contributed by atoms with van der Waals surface area (Å²) in [6, 6.07) is 4.20. The molecule has 22 heavy (non-hydrogen) atoms. The Morgan fingerprint density at radius 1 is 1.32 bits per heavy atom. The predicted octanol–water partition coefficient (Wildman–Crippen LogP) is 3.10. The van der Waals surface area contributed by atoms with Crippen LogP contribution in [0.2, 0.25) is 0 Å². The van der Waals surface area contributed by atoms with Gasteiger partial charge in [-0.15, -0.1) is 0 Å². The van der Waals surface area contributed by atoms with Crippen LogP contribution in [0.1, 0.15) is 25.0 Å². The highest BCUT2D eigenvalue weighted by Gasteiger charge is 2.34. The summed E-state index contributed by atoms with van der Waals surface area (Å²) in [5.74, 6) is -0.340. The van der Waals surface area contributed by atoms with E-state index in [1.165, 1.54) is 17.0 Å². The van der Waals surface area contributed by atoms with Crippen LogP contribution in [0.25, 0.3) is 0 Å². The van der Waals surface area contributed by atoms with E-state index in [0.717, 1.165) is 12.1 Å². The Bertz CT molecular complexity index is 589. The largest absolute Gasteiger partial charge is 0.417 e. The Hall–Kier alpha value is -2.23. The summed E-state index contributed by atoms with van der Waals surface area (Å²) in [5.41, 5.74) is -1.31. The molecule has 0 radical (unpaired) electrons. The third-order valence-electron chi connectivity index (χ3n) is 3.14. The van der Waals surface area contributed by atoms with Gasteiger partial charge in [0.25, 0.3) is 0 Å². The first-order valence-corrected chi connectivity index (χ1v) is 6.67. The molecule has 1 atom stereocenters. The van der Waals surface area contributed by atoms with Crippen molar-refractivity contribution in [3.05, 3.63) is 29.3 Å². The number of benzene rings is 1. The zero-order valence-electron chi connectivity index (χ0n) is 12.8. The molecule has 0 heterocycles. The molecule has 0 aliphatic carbocycles. The van der Waals surface area contributed by atoms with E-state index in [1.807, 2.05) is 0 Å². The molecule has 0 spiro atoms. The molecular formula is C15H18F3N3O. The molecule has 0 fully saturated rings. The van der Waals surface area contributed by atoms with E-state index >= 15 is 0 Å². The van der Waals surface area contributed by atoms with Gasteiger partial charge in [-0.2, -0.15) is 18.4 Å². The van der Waals surface area contributed by atoms with Gasteiger partial charge in [-0.05, 0) is 24.1 Å². The highest BCUT2D eigenvalue weighted by molar-refractivity contribution is 5.84. The van der Waals surface area contributed by atoms with E-state index in [9.17, 15) is 18.0 Å². The van der Waals surface area contributed by atoms with Crippen LogP contribution in [0, 0.1) is 17.2 Å². The highest BCUT2D eigenvalue weighted by atomic mass is 19.4. The maximum Gasteiger partial charge on any atom is 0.417 e. The molecular weight excluding hydrogens is 295 g/mol. The molecule has 0 aromatic heterocycles. The minimum Gasteiger partial charge on any atom is -0.373 e. The minimum absolute atomic E-state index is 0.111. The van der Waals surface area contributed by atoms with Gasteiger partial charge in [-0.1, -0.05) is 13.8 Å². The molecule has 1 aromatic rings. The number of anilines is 1. The second kappa shape index (κ2) is 6.69. The normalized spacial score (nSPS) is 12.7. The highest BCUT2D eigenvalue weighted by Crippen LogP contribution is 2.33. The van der Waals surface area contributed by atoms with Crippen LogP contribution >= 0.6 is 0 Å². The molecule has 0 bridgehead atoms. The number of alkyl halides is 3. The number of carbonyl (C=O) groups is 1. The van der Waals surface area contributed by atoms with Crippen LogP contribution in [0.3, 0.4) is 0 Å². The van der Waals surface area contributed by atoms with Crippen molar-refractivity contribution in [2.45, 2.75) is 26.1 Å². The number of hydrogen-bond donors (Lipinski definition) is 1. The molecule has 1 rings (SSSR count). The van der Waals surface area contributed by atoms with Gasteiger partial charge < -0.3 is 10.2 Å². The van der Waals surface area contributed by atoms with Crippen molar-refractivity contribution >= 4 is 11.6 Å². The Kier molecular flexibility index (Phi) is 5.42. The average Bonchev–Trinajstić information content (AvgIpc) is 2.42. The second-order valence-corrected chi connectivity index (χ2v) is 5.47. The number of nitrogens with zero attached hydrogens (tertiary/aromatic N) is 2. The number of likely N-dealkylation sites (N-methyl/N-ethyl adjacent to an activating group) is 1. The summed E-state index contributed by atoms with van der Waals surface area (Å²) in [6.45, 7) is 3.60. The fraction of sp³-hybridized carbons (Fsp3) is 0.467. The van der Waals surface area contributed by atoms with Gasteiger partial charge in [0.2, 0.25) is 5.91 Å². The van der Waals surface area contributed by atoms with E-state index in [2.05, 4.69) is 5.32 Å². The van der Waals surface area contributed by atoms with Crippen LogP contribution in [0.15, 0.2) is 18.2 Å². The minimum atomic E-state index is -4.62. The average molecular weight is 313 g/mol. The lowest BCUT2D eigenvalue weighted by Crippen LogP contribution is -2.42. The third-order valence-corrected chi connectivity index (χ3v) is 3.14. The first-order valence-electron chi connectivity index (χ1n) is 6.67. The van der Waals surface area contributed by atoms with Crippen LogP contribution in [0.4, 0.5) is 18.9 Å². The quantitative estimate of drug-likeness (QED) is 0.929. The summed E-state index contributed by atoms with van der Waals surface area (Å²) in [7, 11) is 3.17. The van der Waals surface area contributed by atoms with Crippen molar-refractivity contribution in [2.75, 3.05) is 19.4 Å². The number of hydrogen-bond acceptors (Lipinski definition) is 3. The standard InChI is InChI=1S/C15H18F3N3O/c1-9(2)13(14(22)21(3)4)20-11-6-5-10(8-19)12(7-11)15(16,17)18/h5-7,9,13,20H,1-4H3/t13-/m1/s1.